The summed E-state index contributed by atoms with van der Waals surface area (Å²) in [6.07, 6.45) is 3.47. The Morgan fingerprint density at radius 1 is 1.31 bits per heavy atom. The molecule has 0 aromatic rings. The number of aliphatic hydroxyl groups is 1. The van der Waals surface area contributed by atoms with Crippen LogP contribution in [0.5, 0.6) is 0 Å². The van der Waals surface area contributed by atoms with Crippen LogP contribution in [-0.2, 0) is 14.3 Å². The molecule has 0 aliphatic carbocycles. The minimum absolute atomic E-state index is 0.162. The number of aliphatic hydroxyl groups excluding tert-OH is 1. The predicted molar refractivity (Wildman–Crippen MR) is 48.0 cm³/mol. The van der Waals surface area contributed by atoms with Crippen LogP contribution in [0.25, 0.3) is 0 Å². The maximum absolute atomic E-state index is 10.8. The number of unbranched alkanes of at least 4 members (excludes halogenated alkanes) is 1. The van der Waals surface area contributed by atoms with Crippen molar-refractivity contribution in [1.82, 2.24) is 0 Å². The van der Waals surface area contributed by atoms with Crippen molar-refractivity contribution in [2.75, 3.05) is 20.8 Å². The van der Waals surface area contributed by atoms with Crippen molar-refractivity contribution in [1.29, 1.82) is 0 Å². The van der Waals surface area contributed by atoms with Crippen molar-refractivity contribution < 1.29 is 19.4 Å². The van der Waals surface area contributed by atoms with E-state index in [-0.39, 0.29) is 6.61 Å². The van der Waals surface area contributed by atoms with Gasteiger partial charge in [0.15, 0.2) is 0 Å². The summed E-state index contributed by atoms with van der Waals surface area (Å²) in [5.41, 5.74) is 0. The van der Waals surface area contributed by atoms with Crippen LogP contribution in [0.1, 0.15) is 19.3 Å². The van der Waals surface area contributed by atoms with Crippen LogP contribution >= 0.6 is 0 Å². The monoisotopic (exact) mass is 188 g/mol. The van der Waals surface area contributed by atoms with Gasteiger partial charge >= 0.3 is 5.97 Å². The fraction of sp³-hybridized carbons (Fsp3) is 0.667. The summed E-state index contributed by atoms with van der Waals surface area (Å²) < 4.78 is 9.39. The van der Waals surface area contributed by atoms with E-state index in [9.17, 15) is 4.79 Å². The Balaban J connectivity index is 3.87. The molecule has 0 saturated carbocycles. The Morgan fingerprint density at radius 2 is 2.00 bits per heavy atom. The Labute approximate surface area is 78.2 Å². The van der Waals surface area contributed by atoms with Crippen LogP contribution in [-0.4, -0.2) is 31.9 Å². The number of carbonyl (C=O) groups is 1. The van der Waals surface area contributed by atoms with E-state index in [4.69, 9.17) is 9.84 Å². The standard InChI is InChI=1S/C9H16O4/c1-12-8(5-3-4-6-10)7-9(11)13-2/h7,10H,3-6H2,1-2H3/b8-7+. The zero-order chi connectivity index (χ0) is 10.1. The first kappa shape index (κ1) is 12.0. The summed E-state index contributed by atoms with van der Waals surface area (Å²) in [5, 5.41) is 8.53. The fourth-order valence-electron chi connectivity index (χ4n) is 0.835. The summed E-state index contributed by atoms with van der Waals surface area (Å²) in [5.74, 6) is 0.168. The van der Waals surface area contributed by atoms with Crippen LogP contribution in [0.2, 0.25) is 0 Å². The molecule has 0 bridgehead atoms. The molecular weight excluding hydrogens is 172 g/mol. The molecule has 13 heavy (non-hydrogen) atoms. The number of ether oxygens (including phenoxy) is 2. The van der Waals surface area contributed by atoms with Crippen molar-refractivity contribution in [3.63, 3.8) is 0 Å². The van der Waals surface area contributed by atoms with Gasteiger partial charge in [-0.3, -0.25) is 0 Å². The van der Waals surface area contributed by atoms with E-state index >= 15 is 0 Å². The molecule has 76 valence electrons. The summed E-state index contributed by atoms with van der Waals surface area (Å²) in [4.78, 5) is 10.8. The molecule has 4 heteroatoms. The molecule has 0 spiro atoms. The van der Waals surface area contributed by atoms with E-state index in [0.29, 0.717) is 18.6 Å². The molecule has 0 aliphatic rings. The van der Waals surface area contributed by atoms with Crippen molar-refractivity contribution in [2.45, 2.75) is 19.3 Å². The summed E-state index contributed by atoms with van der Waals surface area (Å²) >= 11 is 0. The molecular formula is C9H16O4. The number of rotatable bonds is 6. The lowest BCUT2D eigenvalue weighted by Crippen LogP contribution is -1.99. The smallest absolute Gasteiger partial charge is 0.333 e. The highest BCUT2D eigenvalue weighted by molar-refractivity contribution is 5.82. The minimum atomic E-state index is -0.416. The molecule has 0 heterocycles. The normalized spacial score (nSPS) is 11.2. The third-order valence-electron chi connectivity index (χ3n) is 1.57. The SMILES string of the molecule is COC(=O)/C=C(\CCCCO)OC. The summed E-state index contributed by atoms with van der Waals surface area (Å²) in [6.45, 7) is 0.162. The Kier molecular flexibility index (Phi) is 7.01. The average Bonchev–Trinajstić information content (AvgIpc) is 2.16. The fourth-order valence-corrected chi connectivity index (χ4v) is 0.835. The molecule has 0 aliphatic heterocycles. The number of carbonyl (C=O) groups excluding carboxylic acids is 1. The van der Waals surface area contributed by atoms with Crippen LogP contribution < -0.4 is 0 Å². The maximum Gasteiger partial charge on any atom is 0.333 e. The first-order chi connectivity index (χ1) is 6.24. The van der Waals surface area contributed by atoms with Crippen molar-refractivity contribution in [3.8, 4) is 0 Å². The average molecular weight is 188 g/mol. The molecule has 0 saturated heterocycles. The quantitative estimate of drug-likeness (QED) is 0.290. The van der Waals surface area contributed by atoms with Gasteiger partial charge in [-0.2, -0.15) is 0 Å². The van der Waals surface area contributed by atoms with Crippen LogP contribution in [0.3, 0.4) is 0 Å². The molecule has 4 nitrogen and oxygen atoms in total. The molecule has 1 N–H and O–H groups in total. The van der Waals surface area contributed by atoms with Gasteiger partial charge in [0.05, 0.1) is 20.3 Å². The summed E-state index contributed by atoms with van der Waals surface area (Å²) in [7, 11) is 2.83. The second kappa shape index (κ2) is 7.61. The Bertz CT molecular complexity index is 174. The highest BCUT2D eigenvalue weighted by Gasteiger charge is 2.01. The lowest BCUT2D eigenvalue weighted by Gasteiger charge is -2.04. The van der Waals surface area contributed by atoms with Gasteiger partial charge in [-0.25, -0.2) is 4.79 Å². The molecule has 0 radical (unpaired) electrons. The lowest BCUT2D eigenvalue weighted by molar-refractivity contribution is -0.135. The second-order valence-electron chi connectivity index (χ2n) is 2.52. The van der Waals surface area contributed by atoms with Gasteiger partial charge in [0.25, 0.3) is 0 Å². The van der Waals surface area contributed by atoms with Gasteiger partial charge in [-0.15, -0.1) is 0 Å². The highest BCUT2D eigenvalue weighted by Crippen LogP contribution is 2.07. The molecule has 0 unspecified atom stereocenters. The van der Waals surface area contributed by atoms with Crippen LogP contribution in [0.4, 0.5) is 0 Å². The zero-order valence-electron chi connectivity index (χ0n) is 8.08. The van der Waals surface area contributed by atoms with Crippen LogP contribution in [0.15, 0.2) is 11.8 Å². The van der Waals surface area contributed by atoms with Gasteiger partial charge in [0.1, 0.15) is 5.76 Å². The van der Waals surface area contributed by atoms with Gasteiger partial charge in [0.2, 0.25) is 0 Å². The van der Waals surface area contributed by atoms with E-state index in [0.717, 1.165) is 6.42 Å². The van der Waals surface area contributed by atoms with E-state index in [1.54, 1.807) is 0 Å². The minimum Gasteiger partial charge on any atom is -0.501 e. The van der Waals surface area contributed by atoms with Gasteiger partial charge in [-0.1, -0.05) is 0 Å². The van der Waals surface area contributed by atoms with Gasteiger partial charge in [0, 0.05) is 13.0 Å². The van der Waals surface area contributed by atoms with Gasteiger partial charge < -0.3 is 14.6 Å². The van der Waals surface area contributed by atoms with E-state index in [1.165, 1.54) is 20.3 Å². The molecule has 0 aromatic carbocycles. The number of allylic oxidation sites excluding steroid dienone is 1. The topological polar surface area (TPSA) is 55.8 Å². The van der Waals surface area contributed by atoms with Crippen LogP contribution in [0, 0.1) is 0 Å². The molecule has 0 amide bonds. The van der Waals surface area contributed by atoms with E-state index in [2.05, 4.69) is 4.74 Å². The first-order valence-corrected chi connectivity index (χ1v) is 4.18. The van der Waals surface area contributed by atoms with Gasteiger partial charge in [-0.05, 0) is 12.8 Å². The second-order valence-corrected chi connectivity index (χ2v) is 2.52. The highest BCUT2D eigenvalue weighted by atomic mass is 16.5. The summed E-state index contributed by atoms with van der Waals surface area (Å²) in [6, 6.07) is 0. The molecule has 0 atom stereocenters. The molecule has 0 rings (SSSR count). The largest absolute Gasteiger partial charge is 0.501 e. The number of esters is 1. The Hall–Kier alpha value is -1.03. The predicted octanol–water partition coefficient (Wildman–Crippen LogP) is 0.852. The van der Waals surface area contributed by atoms with Crippen molar-refractivity contribution in [2.24, 2.45) is 0 Å². The molecule has 0 fully saturated rings. The first-order valence-electron chi connectivity index (χ1n) is 4.18. The lowest BCUT2D eigenvalue weighted by atomic mass is 10.2. The third kappa shape index (κ3) is 6.16. The number of methoxy groups -OCH3 is 2. The van der Waals surface area contributed by atoms with E-state index in [1.807, 2.05) is 0 Å². The zero-order valence-corrected chi connectivity index (χ0v) is 8.08. The molecule has 0 aromatic heterocycles. The Morgan fingerprint density at radius 3 is 2.46 bits per heavy atom. The van der Waals surface area contributed by atoms with E-state index < -0.39 is 5.97 Å². The number of hydrogen-bond donors (Lipinski definition) is 1. The maximum atomic E-state index is 10.8. The van der Waals surface area contributed by atoms with Crippen molar-refractivity contribution in [3.05, 3.63) is 11.8 Å². The number of hydrogen-bond acceptors (Lipinski definition) is 4. The van der Waals surface area contributed by atoms with Crippen molar-refractivity contribution >= 4 is 5.97 Å². The third-order valence-corrected chi connectivity index (χ3v) is 1.57.